The number of benzene rings is 3. The van der Waals surface area contributed by atoms with E-state index in [1.165, 1.54) is 0 Å². The Balaban J connectivity index is 1.14. The highest BCUT2D eigenvalue weighted by Gasteiger charge is 2.42. The van der Waals surface area contributed by atoms with Crippen LogP contribution in [0.25, 0.3) is 11.0 Å². The molecule has 2 saturated heterocycles. The van der Waals surface area contributed by atoms with Crippen LogP contribution in [0.15, 0.2) is 54.6 Å². The van der Waals surface area contributed by atoms with E-state index < -0.39 is 0 Å². The number of amides is 1. The minimum absolute atomic E-state index is 0.0784. The van der Waals surface area contributed by atoms with Crippen LogP contribution in [0.5, 0.6) is 17.2 Å². The van der Waals surface area contributed by atoms with E-state index >= 15 is 0 Å². The van der Waals surface area contributed by atoms with Gasteiger partial charge < -0.3 is 38.6 Å². The van der Waals surface area contributed by atoms with E-state index in [2.05, 4.69) is 39.0 Å². The van der Waals surface area contributed by atoms with E-state index in [9.17, 15) is 4.79 Å². The van der Waals surface area contributed by atoms with Gasteiger partial charge in [-0.1, -0.05) is 41.4 Å². The van der Waals surface area contributed by atoms with Gasteiger partial charge in [0.05, 0.1) is 49.0 Å². The lowest BCUT2D eigenvalue weighted by atomic mass is 9.76. The fourth-order valence-corrected chi connectivity index (χ4v) is 7.71. The van der Waals surface area contributed by atoms with Gasteiger partial charge in [-0.15, -0.1) is 0 Å². The summed E-state index contributed by atoms with van der Waals surface area (Å²) in [6.07, 6.45) is 3.73. The van der Waals surface area contributed by atoms with Crippen LogP contribution in [-0.4, -0.2) is 98.6 Å². The topological polar surface area (TPSA) is 90.3 Å². The highest BCUT2D eigenvalue weighted by Crippen LogP contribution is 2.43. The van der Waals surface area contributed by atoms with E-state index in [0.29, 0.717) is 65.2 Å². The Bertz CT molecular complexity index is 1770. The van der Waals surface area contributed by atoms with Gasteiger partial charge in [0.2, 0.25) is 11.7 Å². The van der Waals surface area contributed by atoms with E-state index in [-0.39, 0.29) is 11.3 Å². The summed E-state index contributed by atoms with van der Waals surface area (Å²) < 4.78 is 24.4. The fourth-order valence-electron chi connectivity index (χ4n) is 7.41. The van der Waals surface area contributed by atoms with Gasteiger partial charge in [0.15, 0.2) is 11.5 Å². The number of rotatable bonds is 14. The summed E-state index contributed by atoms with van der Waals surface area (Å²) in [5.74, 6) is 2.19. The third-order valence-corrected chi connectivity index (χ3v) is 11.0. The maximum atomic E-state index is 14.0. The largest absolute Gasteiger partial charge is 0.493 e. The Morgan fingerprint density at radius 1 is 0.940 bits per heavy atom. The summed E-state index contributed by atoms with van der Waals surface area (Å²) in [4.78, 5) is 23.4. The molecule has 0 bridgehead atoms. The van der Waals surface area contributed by atoms with E-state index in [1.54, 1.807) is 33.5 Å². The van der Waals surface area contributed by atoms with Crippen molar-refractivity contribution in [3.63, 3.8) is 0 Å². The summed E-state index contributed by atoms with van der Waals surface area (Å²) >= 11 is 12.9. The zero-order chi connectivity index (χ0) is 35.3. The number of hydrogen-bond donors (Lipinski definition) is 1. The van der Waals surface area contributed by atoms with Crippen molar-refractivity contribution in [2.24, 2.45) is 0 Å². The van der Waals surface area contributed by atoms with Gasteiger partial charge in [-0.25, -0.2) is 4.98 Å². The van der Waals surface area contributed by atoms with Crippen LogP contribution >= 0.6 is 23.2 Å². The number of halogens is 2. The molecule has 6 rings (SSSR count). The second-order valence-electron chi connectivity index (χ2n) is 13.1. The molecule has 2 fully saturated rings. The normalized spacial score (nSPS) is 18.5. The molecule has 1 atom stereocenters. The lowest BCUT2D eigenvalue weighted by molar-refractivity contribution is 0.0779. The average molecular weight is 725 g/mol. The summed E-state index contributed by atoms with van der Waals surface area (Å²) in [5, 5.41) is 4.81. The summed E-state index contributed by atoms with van der Waals surface area (Å²) in [7, 11) is 4.65. The number of carbonyl (C=O) groups is 1. The van der Waals surface area contributed by atoms with Gasteiger partial charge in [0, 0.05) is 56.4 Å². The standard InChI is InChI=1S/C38H47Cl2N5O5/c1-5-50-21-20-45-32-9-7-6-8-31(32)42-37(45)41-28-12-16-43(17-13-28)18-14-38(27-10-11-29(39)30(40)24-27)15-19-44(25-38)36(46)26-22-33(47-2)35(49-4)34(23-26)48-3/h6-11,22-24,28H,5,12-21,25H2,1-4H3,(H,41,42)/t38-/m1/s1. The van der Waals surface area contributed by atoms with Crippen molar-refractivity contribution in [3.05, 3.63) is 75.8 Å². The molecular formula is C38H47Cl2N5O5. The lowest BCUT2D eigenvalue weighted by Gasteiger charge is -2.36. The number of nitrogens with one attached hydrogen (secondary N) is 1. The minimum atomic E-state index is -0.273. The molecule has 0 spiro atoms. The number of hydrogen-bond acceptors (Lipinski definition) is 8. The van der Waals surface area contributed by atoms with E-state index in [4.69, 9.17) is 47.1 Å². The Morgan fingerprint density at radius 3 is 2.36 bits per heavy atom. The smallest absolute Gasteiger partial charge is 0.254 e. The Hall–Kier alpha value is -3.70. The zero-order valence-corrected chi connectivity index (χ0v) is 30.9. The van der Waals surface area contributed by atoms with Crippen LogP contribution in [0.2, 0.25) is 10.0 Å². The predicted octanol–water partition coefficient (Wildman–Crippen LogP) is 7.16. The molecule has 268 valence electrons. The highest BCUT2D eigenvalue weighted by atomic mass is 35.5. The number of piperidine rings is 1. The number of carbonyl (C=O) groups excluding carboxylic acids is 1. The van der Waals surface area contributed by atoms with Crippen molar-refractivity contribution >= 4 is 46.1 Å². The molecular weight excluding hydrogens is 677 g/mol. The van der Waals surface area contributed by atoms with Gasteiger partial charge in [0.1, 0.15) is 0 Å². The number of ether oxygens (including phenoxy) is 4. The third kappa shape index (κ3) is 7.64. The average Bonchev–Trinajstić information content (AvgIpc) is 3.74. The number of aromatic nitrogens is 2. The molecule has 12 heteroatoms. The van der Waals surface area contributed by atoms with Crippen LogP contribution in [0.3, 0.4) is 0 Å². The minimum Gasteiger partial charge on any atom is -0.493 e. The van der Waals surface area contributed by atoms with Crippen molar-refractivity contribution in [1.82, 2.24) is 19.4 Å². The van der Waals surface area contributed by atoms with Crippen molar-refractivity contribution in [2.75, 3.05) is 72.6 Å². The molecule has 50 heavy (non-hydrogen) atoms. The van der Waals surface area contributed by atoms with Gasteiger partial charge >= 0.3 is 0 Å². The molecule has 3 aromatic carbocycles. The molecule has 3 heterocycles. The van der Waals surface area contributed by atoms with Crippen LogP contribution in [-0.2, 0) is 16.7 Å². The van der Waals surface area contributed by atoms with Crippen LogP contribution < -0.4 is 19.5 Å². The summed E-state index contributed by atoms with van der Waals surface area (Å²) in [5.41, 5.74) is 3.44. The first kappa shape index (κ1) is 36.1. The second-order valence-corrected chi connectivity index (χ2v) is 13.9. The first-order chi connectivity index (χ1) is 24.3. The molecule has 4 aromatic rings. The molecule has 0 aliphatic carbocycles. The molecule has 2 aliphatic heterocycles. The molecule has 0 saturated carbocycles. The van der Waals surface area contributed by atoms with Crippen molar-refractivity contribution in [1.29, 1.82) is 0 Å². The number of likely N-dealkylation sites (tertiary alicyclic amines) is 2. The summed E-state index contributed by atoms with van der Waals surface area (Å²) in [6, 6.07) is 17.9. The van der Waals surface area contributed by atoms with Crippen molar-refractivity contribution < 1.29 is 23.7 Å². The number of methoxy groups -OCH3 is 3. The SMILES string of the molecule is CCOCCn1c(NC2CCN(CC[C@@]3(c4ccc(Cl)c(Cl)c4)CCN(C(=O)c4cc(OC)c(OC)c(OC)c4)C3)CC2)nc2ccccc21. The van der Waals surface area contributed by atoms with E-state index in [0.717, 1.165) is 74.4 Å². The molecule has 0 unspecified atom stereocenters. The summed E-state index contributed by atoms with van der Waals surface area (Å²) in [6.45, 7) is 8.16. The van der Waals surface area contributed by atoms with E-state index in [1.807, 2.05) is 30.0 Å². The first-order valence-electron chi connectivity index (χ1n) is 17.4. The maximum Gasteiger partial charge on any atom is 0.254 e. The molecule has 2 aliphatic rings. The number of nitrogens with zero attached hydrogens (tertiary/aromatic N) is 4. The highest BCUT2D eigenvalue weighted by molar-refractivity contribution is 6.42. The maximum absolute atomic E-state index is 14.0. The first-order valence-corrected chi connectivity index (χ1v) is 18.1. The Labute approximate surface area is 304 Å². The number of fused-ring (bicyclic) bond motifs is 1. The quantitative estimate of drug-likeness (QED) is 0.137. The molecule has 10 nitrogen and oxygen atoms in total. The Morgan fingerprint density at radius 2 is 1.68 bits per heavy atom. The number of para-hydroxylation sites is 2. The second kappa shape index (κ2) is 16.1. The van der Waals surface area contributed by atoms with Crippen LogP contribution in [0.4, 0.5) is 5.95 Å². The van der Waals surface area contributed by atoms with Crippen LogP contribution in [0.1, 0.15) is 48.5 Å². The van der Waals surface area contributed by atoms with Gasteiger partial charge in [-0.05, 0) is 81.1 Å². The molecule has 0 radical (unpaired) electrons. The zero-order valence-electron chi connectivity index (χ0n) is 29.3. The number of imidazole rings is 1. The lowest BCUT2D eigenvalue weighted by Crippen LogP contribution is -2.42. The van der Waals surface area contributed by atoms with Gasteiger partial charge in [-0.2, -0.15) is 0 Å². The Kier molecular flexibility index (Phi) is 11.6. The third-order valence-electron chi connectivity index (χ3n) is 10.2. The predicted molar refractivity (Wildman–Crippen MR) is 199 cm³/mol. The van der Waals surface area contributed by atoms with Crippen molar-refractivity contribution in [3.8, 4) is 17.2 Å². The monoisotopic (exact) mass is 723 g/mol. The molecule has 1 amide bonds. The van der Waals surface area contributed by atoms with Crippen LogP contribution in [0, 0.1) is 0 Å². The fraction of sp³-hybridized carbons (Fsp3) is 0.474. The molecule has 1 aromatic heterocycles. The molecule has 1 N–H and O–H groups in total. The van der Waals surface area contributed by atoms with Gasteiger partial charge in [-0.3, -0.25) is 4.79 Å². The van der Waals surface area contributed by atoms with Crippen molar-refractivity contribution in [2.45, 2.75) is 50.6 Å². The van der Waals surface area contributed by atoms with Gasteiger partial charge in [0.25, 0.3) is 5.91 Å². The number of anilines is 1.